The first-order valence-corrected chi connectivity index (χ1v) is 11.5. The van der Waals surface area contributed by atoms with Crippen molar-refractivity contribution in [1.82, 2.24) is 0 Å². The smallest absolute Gasteiger partial charge is 0.228 e. The van der Waals surface area contributed by atoms with E-state index >= 15 is 0 Å². The molecule has 164 valence electrons. The number of pyridine rings is 1. The molecular weight excluding hydrogens is 409 g/mol. The van der Waals surface area contributed by atoms with E-state index in [0.29, 0.717) is 5.39 Å². The standard InChI is InChI=1S/C30H27FNO/c1-17-19-10-6-7-11-20(19)22(16-30(2,3)4)29-25(17)28-27-21(13-14-32(28)5)26-18(15-24(27)33-29)9-8-12-23(26)31/h6-15H,16H2,1-5H3/q+1. The predicted molar refractivity (Wildman–Crippen MR) is 134 cm³/mol. The molecule has 2 heterocycles. The average Bonchev–Trinajstić information content (AvgIpc) is 2.77. The van der Waals surface area contributed by atoms with Gasteiger partial charge in [0.25, 0.3) is 0 Å². The molecule has 1 aliphatic heterocycles. The fourth-order valence-electron chi connectivity index (χ4n) is 5.51. The van der Waals surface area contributed by atoms with Crippen LogP contribution < -0.4 is 9.30 Å². The Morgan fingerprint density at radius 2 is 1.67 bits per heavy atom. The van der Waals surface area contributed by atoms with Crippen molar-refractivity contribution in [3.8, 4) is 22.8 Å². The van der Waals surface area contributed by atoms with Crippen LogP contribution in [0, 0.1) is 18.2 Å². The normalized spacial score (nSPS) is 12.9. The lowest BCUT2D eigenvalue weighted by atomic mass is 9.81. The quantitative estimate of drug-likeness (QED) is 0.189. The number of hydrogen-bond acceptors (Lipinski definition) is 1. The summed E-state index contributed by atoms with van der Waals surface area (Å²) in [5.41, 5.74) is 4.73. The number of aryl methyl sites for hydroxylation is 2. The Morgan fingerprint density at radius 3 is 2.42 bits per heavy atom. The Hall–Kier alpha value is -3.46. The molecule has 0 saturated carbocycles. The third-order valence-electron chi connectivity index (χ3n) is 6.86. The number of ether oxygens (including phenoxy) is 1. The summed E-state index contributed by atoms with van der Waals surface area (Å²) in [5, 5.41) is 5.86. The summed E-state index contributed by atoms with van der Waals surface area (Å²) in [4.78, 5) is 0. The van der Waals surface area contributed by atoms with Crippen molar-refractivity contribution < 1.29 is 13.7 Å². The molecule has 0 bridgehead atoms. The minimum absolute atomic E-state index is 0.0934. The van der Waals surface area contributed by atoms with E-state index in [-0.39, 0.29) is 11.2 Å². The molecule has 0 spiro atoms. The molecule has 6 rings (SSSR count). The second-order valence-electron chi connectivity index (χ2n) is 10.5. The van der Waals surface area contributed by atoms with Crippen molar-refractivity contribution in [3.05, 3.63) is 77.7 Å². The zero-order chi connectivity index (χ0) is 23.1. The molecule has 0 atom stereocenters. The first kappa shape index (κ1) is 20.2. The van der Waals surface area contributed by atoms with E-state index in [1.54, 1.807) is 6.07 Å². The van der Waals surface area contributed by atoms with Crippen LogP contribution in [-0.4, -0.2) is 0 Å². The Bertz CT molecular complexity index is 1630. The van der Waals surface area contributed by atoms with Crippen molar-refractivity contribution >= 4 is 32.3 Å². The van der Waals surface area contributed by atoms with Gasteiger partial charge in [-0.2, -0.15) is 0 Å². The maximum atomic E-state index is 15.0. The largest absolute Gasteiger partial charge is 0.455 e. The molecule has 2 nitrogen and oxygen atoms in total. The van der Waals surface area contributed by atoms with Gasteiger partial charge in [-0.25, -0.2) is 8.96 Å². The van der Waals surface area contributed by atoms with E-state index in [2.05, 4.69) is 63.6 Å². The summed E-state index contributed by atoms with van der Waals surface area (Å²) >= 11 is 0. The van der Waals surface area contributed by atoms with Gasteiger partial charge in [0, 0.05) is 22.4 Å². The van der Waals surface area contributed by atoms with Gasteiger partial charge in [-0.1, -0.05) is 57.2 Å². The Balaban J connectivity index is 1.83. The molecule has 3 heteroatoms. The van der Waals surface area contributed by atoms with Crippen molar-refractivity contribution in [2.75, 3.05) is 0 Å². The second-order valence-corrected chi connectivity index (χ2v) is 10.5. The van der Waals surface area contributed by atoms with Crippen LogP contribution in [0.3, 0.4) is 0 Å². The summed E-state index contributed by atoms with van der Waals surface area (Å²) in [7, 11) is 2.07. The lowest BCUT2D eigenvalue weighted by Crippen LogP contribution is -2.32. The maximum absolute atomic E-state index is 15.0. The Morgan fingerprint density at radius 1 is 0.909 bits per heavy atom. The second kappa shape index (κ2) is 6.77. The highest BCUT2D eigenvalue weighted by Gasteiger charge is 2.34. The van der Waals surface area contributed by atoms with E-state index in [0.717, 1.165) is 45.3 Å². The van der Waals surface area contributed by atoms with Crippen LogP contribution in [0.2, 0.25) is 0 Å². The zero-order valence-corrected chi connectivity index (χ0v) is 19.7. The highest BCUT2D eigenvalue weighted by molar-refractivity contribution is 6.16. The van der Waals surface area contributed by atoms with E-state index in [4.69, 9.17) is 4.74 Å². The SMILES string of the molecule is Cc1c2c(c(CC(C)(C)C)c3ccccc13)Oc1cc3cccc(F)c3c3cc[n+](C)c-2c13. The van der Waals surface area contributed by atoms with E-state index < -0.39 is 0 Å². The van der Waals surface area contributed by atoms with Gasteiger partial charge >= 0.3 is 0 Å². The number of hydrogen-bond donors (Lipinski definition) is 0. The lowest BCUT2D eigenvalue weighted by Gasteiger charge is -2.28. The highest BCUT2D eigenvalue weighted by Crippen LogP contribution is 2.52. The minimum Gasteiger partial charge on any atom is -0.455 e. The highest BCUT2D eigenvalue weighted by atomic mass is 19.1. The number of nitrogens with zero attached hydrogens (tertiary/aromatic N) is 1. The monoisotopic (exact) mass is 436 g/mol. The number of fused-ring (bicyclic) bond motifs is 5. The fraction of sp³-hybridized carbons (Fsp3) is 0.233. The van der Waals surface area contributed by atoms with Crippen LogP contribution in [0.25, 0.3) is 43.6 Å². The summed E-state index contributed by atoms with van der Waals surface area (Å²) in [6, 6.07) is 17.9. The molecule has 1 aliphatic rings. The Kier molecular flexibility index (Phi) is 4.14. The first-order valence-electron chi connectivity index (χ1n) is 11.5. The molecule has 5 aromatic rings. The molecule has 33 heavy (non-hydrogen) atoms. The molecule has 0 aliphatic carbocycles. The number of halogens is 1. The van der Waals surface area contributed by atoms with Gasteiger partial charge in [-0.05, 0) is 52.6 Å². The fourth-order valence-corrected chi connectivity index (χ4v) is 5.51. The van der Waals surface area contributed by atoms with Crippen LogP contribution in [0.15, 0.2) is 60.8 Å². The van der Waals surface area contributed by atoms with Gasteiger partial charge in [-0.15, -0.1) is 0 Å². The van der Waals surface area contributed by atoms with Gasteiger partial charge in [-0.3, -0.25) is 0 Å². The predicted octanol–water partition coefficient (Wildman–Crippen LogP) is 7.78. The van der Waals surface area contributed by atoms with Crippen molar-refractivity contribution in [1.29, 1.82) is 0 Å². The number of benzene rings is 4. The van der Waals surface area contributed by atoms with Gasteiger partial charge in [0.2, 0.25) is 5.69 Å². The summed E-state index contributed by atoms with van der Waals surface area (Å²) in [5.74, 6) is 1.53. The van der Waals surface area contributed by atoms with Crippen LogP contribution in [-0.2, 0) is 13.5 Å². The van der Waals surface area contributed by atoms with Gasteiger partial charge in [0.15, 0.2) is 6.20 Å². The number of rotatable bonds is 1. The van der Waals surface area contributed by atoms with Gasteiger partial charge < -0.3 is 4.74 Å². The summed E-state index contributed by atoms with van der Waals surface area (Å²) in [6.07, 6.45) is 2.94. The molecule has 1 aromatic heterocycles. The molecular formula is C30H27FNO+. The molecule has 0 amide bonds. The molecule has 0 saturated heterocycles. The van der Waals surface area contributed by atoms with Gasteiger partial charge in [0.1, 0.15) is 24.4 Å². The van der Waals surface area contributed by atoms with Crippen molar-refractivity contribution in [3.63, 3.8) is 0 Å². The molecule has 0 N–H and O–H groups in total. The zero-order valence-electron chi connectivity index (χ0n) is 19.7. The minimum atomic E-state index is -0.201. The number of aromatic nitrogens is 1. The van der Waals surface area contributed by atoms with Crippen LogP contribution in [0.5, 0.6) is 11.5 Å². The lowest BCUT2D eigenvalue weighted by molar-refractivity contribution is -0.659. The molecule has 0 unspecified atom stereocenters. The van der Waals surface area contributed by atoms with Crippen LogP contribution >= 0.6 is 0 Å². The van der Waals surface area contributed by atoms with Crippen molar-refractivity contribution in [2.45, 2.75) is 34.1 Å². The summed E-state index contributed by atoms with van der Waals surface area (Å²) in [6.45, 7) is 8.97. The molecule has 0 fully saturated rings. The maximum Gasteiger partial charge on any atom is 0.228 e. The topological polar surface area (TPSA) is 13.1 Å². The van der Waals surface area contributed by atoms with Crippen LogP contribution in [0.4, 0.5) is 4.39 Å². The third-order valence-corrected chi connectivity index (χ3v) is 6.86. The van der Waals surface area contributed by atoms with E-state index in [9.17, 15) is 4.39 Å². The molecule has 0 radical (unpaired) electrons. The third kappa shape index (κ3) is 2.88. The summed E-state index contributed by atoms with van der Waals surface area (Å²) < 4.78 is 23.9. The first-order chi connectivity index (χ1) is 15.7. The van der Waals surface area contributed by atoms with Crippen LogP contribution in [0.1, 0.15) is 31.9 Å². The van der Waals surface area contributed by atoms with E-state index in [1.165, 1.54) is 28.0 Å². The Labute approximate surface area is 193 Å². The molecule has 4 aromatic carbocycles. The van der Waals surface area contributed by atoms with Crippen molar-refractivity contribution in [2.24, 2.45) is 12.5 Å². The average molecular weight is 437 g/mol. The van der Waals surface area contributed by atoms with E-state index in [1.807, 2.05) is 24.4 Å². The van der Waals surface area contributed by atoms with Gasteiger partial charge in [0.05, 0.1) is 10.9 Å².